The van der Waals surface area contributed by atoms with Gasteiger partial charge >= 0.3 is 0 Å². The van der Waals surface area contributed by atoms with Crippen molar-refractivity contribution in [1.82, 2.24) is 0 Å². The minimum atomic E-state index is 0.712. The van der Waals surface area contributed by atoms with Crippen molar-refractivity contribution >= 4 is 0 Å². The van der Waals surface area contributed by atoms with Gasteiger partial charge in [0.2, 0.25) is 0 Å². The maximum absolute atomic E-state index is 3.63. The van der Waals surface area contributed by atoms with Crippen molar-refractivity contribution in [2.75, 3.05) is 0 Å². The molecule has 1 atom stereocenters. The molecule has 0 saturated heterocycles. The fourth-order valence-electron chi connectivity index (χ4n) is 1.36. The molecule has 0 aromatic rings. The third kappa shape index (κ3) is 2.54. The van der Waals surface area contributed by atoms with Gasteiger partial charge in [0, 0.05) is 0 Å². The third-order valence-electron chi connectivity index (χ3n) is 2.20. The van der Waals surface area contributed by atoms with Crippen LogP contribution in [0.3, 0.4) is 0 Å². The molecule has 0 heteroatoms. The van der Waals surface area contributed by atoms with E-state index in [9.17, 15) is 0 Å². The van der Waals surface area contributed by atoms with E-state index in [1.54, 1.807) is 6.08 Å². The summed E-state index contributed by atoms with van der Waals surface area (Å²) in [5, 5.41) is 0. The molecule has 0 aliphatic heterocycles. The van der Waals surface area contributed by atoms with Crippen molar-refractivity contribution in [2.45, 2.75) is 19.8 Å². The number of rotatable bonds is 2. The second kappa shape index (κ2) is 4.76. The zero-order chi connectivity index (χ0) is 8.81. The molecular weight excluding hydrogens is 144 g/mol. The lowest BCUT2D eigenvalue weighted by Crippen LogP contribution is -2.00. The fourth-order valence-corrected chi connectivity index (χ4v) is 1.36. The molecular formula is C12H16. The van der Waals surface area contributed by atoms with Crippen LogP contribution in [-0.2, 0) is 0 Å². The lowest BCUT2D eigenvalue weighted by Gasteiger charge is -2.16. The molecule has 0 nitrogen and oxygen atoms in total. The van der Waals surface area contributed by atoms with Gasteiger partial charge in [-0.1, -0.05) is 55.5 Å². The Balaban J connectivity index is 2.60. The zero-order valence-electron chi connectivity index (χ0n) is 7.66. The first-order chi connectivity index (χ1) is 5.84. The molecule has 1 aliphatic carbocycles. The van der Waals surface area contributed by atoms with Crippen molar-refractivity contribution in [3.05, 3.63) is 48.6 Å². The van der Waals surface area contributed by atoms with Gasteiger partial charge < -0.3 is 0 Å². The van der Waals surface area contributed by atoms with E-state index < -0.39 is 0 Å². The largest absolute Gasteiger partial charge is 0.0991 e. The van der Waals surface area contributed by atoms with Crippen LogP contribution in [0.2, 0.25) is 0 Å². The number of allylic oxidation sites excluding steroid dienone is 7. The Labute approximate surface area is 75.0 Å². The van der Waals surface area contributed by atoms with E-state index in [2.05, 4.69) is 37.8 Å². The first-order valence-corrected chi connectivity index (χ1v) is 4.47. The lowest BCUT2D eigenvalue weighted by atomic mass is 9.90. The van der Waals surface area contributed by atoms with Gasteiger partial charge in [0.1, 0.15) is 0 Å². The lowest BCUT2D eigenvalue weighted by molar-refractivity contribution is 0.659. The maximum Gasteiger partial charge on any atom is -0.0133 e. The Hall–Kier alpha value is -1.04. The van der Waals surface area contributed by atoms with E-state index in [1.165, 1.54) is 12.0 Å². The standard InChI is InChI=1S/C12H16/c1-3-4-5-9-12-10-7-6-8-11(12)2/h3-7,9,11H,1,8,10H2,2H3/b5-4-,12-9+. The van der Waals surface area contributed by atoms with Gasteiger partial charge in [0.05, 0.1) is 0 Å². The van der Waals surface area contributed by atoms with Gasteiger partial charge in [-0.3, -0.25) is 0 Å². The molecule has 0 bridgehead atoms. The van der Waals surface area contributed by atoms with E-state index in [0.29, 0.717) is 5.92 Å². The Morgan fingerprint density at radius 2 is 2.25 bits per heavy atom. The molecule has 0 radical (unpaired) electrons. The third-order valence-corrected chi connectivity index (χ3v) is 2.20. The van der Waals surface area contributed by atoms with Crippen molar-refractivity contribution < 1.29 is 0 Å². The summed E-state index contributed by atoms with van der Waals surface area (Å²) in [6, 6.07) is 0. The predicted octanol–water partition coefficient (Wildman–Crippen LogP) is 3.64. The van der Waals surface area contributed by atoms with E-state index in [4.69, 9.17) is 0 Å². The Bertz CT molecular complexity index is 228. The van der Waals surface area contributed by atoms with Crippen LogP contribution in [0.5, 0.6) is 0 Å². The monoisotopic (exact) mass is 160 g/mol. The second-order valence-electron chi connectivity index (χ2n) is 3.17. The van der Waals surface area contributed by atoms with Gasteiger partial charge in [0.15, 0.2) is 0 Å². The molecule has 1 unspecified atom stereocenters. The van der Waals surface area contributed by atoms with Crippen LogP contribution in [0.1, 0.15) is 19.8 Å². The smallest absolute Gasteiger partial charge is 0.0133 e. The average molecular weight is 160 g/mol. The topological polar surface area (TPSA) is 0 Å². The summed E-state index contributed by atoms with van der Waals surface area (Å²) in [6.07, 6.45) is 14.9. The van der Waals surface area contributed by atoms with E-state index in [-0.39, 0.29) is 0 Å². The first kappa shape index (κ1) is 9.05. The van der Waals surface area contributed by atoms with E-state index in [0.717, 1.165) is 6.42 Å². The Morgan fingerprint density at radius 1 is 1.42 bits per heavy atom. The summed E-state index contributed by atoms with van der Waals surface area (Å²) >= 11 is 0. The highest BCUT2D eigenvalue weighted by Crippen LogP contribution is 2.23. The second-order valence-corrected chi connectivity index (χ2v) is 3.17. The quantitative estimate of drug-likeness (QED) is 0.427. The van der Waals surface area contributed by atoms with E-state index >= 15 is 0 Å². The maximum atomic E-state index is 3.63. The van der Waals surface area contributed by atoms with Crippen LogP contribution in [-0.4, -0.2) is 0 Å². The van der Waals surface area contributed by atoms with Crippen LogP contribution in [0.25, 0.3) is 0 Å². The summed E-state index contributed by atoms with van der Waals surface area (Å²) in [4.78, 5) is 0. The van der Waals surface area contributed by atoms with Gasteiger partial charge in [0.25, 0.3) is 0 Å². The minimum Gasteiger partial charge on any atom is -0.0991 e. The molecule has 0 N–H and O–H groups in total. The number of hydrogen-bond donors (Lipinski definition) is 0. The number of hydrogen-bond acceptors (Lipinski definition) is 0. The molecule has 0 aromatic heterocycles. The molecule has 0 saturated carbocycles. The van der Waals surface area contributed by atoms with Gasteiger partial charge in [-0.25, -0.2) is 0 Å². The molecule has 0 aromatic carbocycles. The molecule has 1 rings (SSSR count). The highest BCUT2D eigenvalue weighted by atomic mass is 14.1. The summed E-state index contributed by atoms with van der Waals surface area (Å²) < 4.78 is 0. The predicted molar refractivity (Wildman–Crippen MR) is 55.0 cm³/mol. The summed E-state index contributed by atoms with van der Waals surface area (Å²) in [5.41, 5.74) is 1.52. The highest BCUT2D eigenvalue weighted by molar-refractivity contribution is 5.22. The van der Waals surface area contributed by atoms with Gasteiger partial charge in [-0.15, -0.1) is 0 Å². The van der Waals surface area contributed by atoms with Crippen LogP contribution in [0, 0.1) is 5.92 Å². The van der Waals surface area contributed by atoms with Crippen LogP contribution in [0.15, 0.2) is 48.6 Å². The van der Waals surface area contributed by atoms with Gasteiger partial charge in [-0.2, -0.15) is 0 Å². The minimum absolute atomic E-state index is 0.712. The molecule has 1 aliphatic rings. The SMILES string of the molecule is C=C/C=C\C=C1/CC=CCC1C. The molecule has 0 amide bonds. The molecule has 12 heavy (non-hydrogen) atoms. The Kier molecular flexibility index (Phi) is 3.59. The van der Waals surface area contributed by atoms with Crippen molar-refractivity contribution in [3.8, 4) is 0 Å². The first-order valence-electron chi connectivity index (χ1n) is 4.47. The summed E-state index contributed by atoms with van der Waals surface area (Å²) in [5.74, 6) is 0.712. The van der Waals surface area contributed by atoms with E-state index in [1.807, 2.05) is 6.08 Å². The van der Waals surface area contributed by atoms with Crippen LogP contribution in [0.4, 0.5) is 0 Å². The van der Waals surface area contributed by atoms with Crippen molar-refractivity contribution in [2.24, 2.45) is 5.92 Å². The summed E-state index contributed by atoms with van der Waals surface area (Å²) in [6.45, 7) is 5.91. The average Bonchev–Trinajstić information content (AvgIpc) is 2.09. The van der Waals surface area contributed by atoms with Crippen LogP contribution < -0.4 is 0 Å². The molecule has 64 valence electrons. The van der Waals surface area contributed by atoms with Gasteiger partial charge in [-0.05, 0) is 18.8 Å². The molecule has 0 heterocycles. The summed E-state index contributed by atoms with van der Waals surface area (Å²) in [7, 11) is 0. The highest BCUT2D eigenvalue weighted by Gasteiger charge is 2.07. The van der Waals surface area contributed by atoms with Crippen molar-refractivity contribution in [1.29, 1.82) is 0 Å². The molecule has 0 spiro atoms. The Morgan fingerprint density at radius 3 is 2.92 bits per heavy atom. The van der Waals surface area contributed by atoms with Crippen LogP contribution >= 0.6 is 0 Å². The normalized spacial score (nSPS) is 26.8. The zero-order valence-corrected chi connectivity index (χ0v) is 7.66. The molecule has 0 fully saturated rings. The fraction of sp³-hybridized carbons (Fsp3) is 0.333. The van der Waals surface area contributed by atoms with Crippen molar-refractivity contribution in [3.63, 3.8) is 0 Å².